The number of benzene rings is 2. The van der Waals surface area contributed by atoms with Gasteiger partial charge in [-0.05, 0) is 86.7 Å². The molecule has 0 amide bonds. The smallest absolute Gasteiger partial charge is 0.272 e. The standard InChI is InChI=1S/C29H35N2O4/c1-22-9-10-26(20-28(22)31(32)33)25-12-11-24(18-23(2)29-8-7-16-35-29)27(19-25)21-34-17-15-30-13-5-3-4-6-14-30/h7-12,16,19-20,23H,2-6,13-15,17-18,21H2,1H3. The Morgan fingerprint density at radius 1 is 1.06 bits per heavy atom. The van der Waals surface area contributed by atoms with Crippen LogP contribution in [-0.2, 0) is 17.8 Å². The molecule has 2 heterocycles. The van der Waals surface area contributed by atoms with Crippen LogP contribution >= 0.6 is 0 Å². The summed E-state index contributed by atoms with van der Waals surface area (Å²) in [6.45, 7) is 10.5. The molecule has 0 spiro atoms. The normalized spacial score (nSPS) is 15.6. The lowest BCUT2D eigenvalue weighted by molar-refractivity contribution is -0.385. The second kappa shape index (κ2) is 12.1. The number of nitrogens with zero attached hydrogens (tertiary/aromatic N) is 2. The van der Waals surface area contributed by atoms with E-state index in [0.29, 0.717) is 18.8 Å². The van der Waals surface area contributed by atoms with Gasteiger partial charge < -0.3 is 14.1 Å². The van der Waals surface area contributed by atoms with Crippen molar-refractivity contribution < 1.29 is 14.1 Å². The van der Waals surface area contributed by atoms with Gasteiger partial charge in [0, 0.05) is 24.1 Å². The van der Waals surface area contributed by atoms with Crippen molar-refractivity contribution in [3.05, 3.63) is 94.3 Å². The molecule has 1 saturated heterocycles. The van der Waals surface area contributed by atoms with Crippen LogP contribution in [0.1, 0.15) is 54.1 Å². The lowest BCUT2D eigenvalue weighted by atomic mass is 9.92. The zero-order valence-corrected chi connectivity index (χ0v) is 20.6. The number of nitro benzene ring substituents is 1. The summed E-state index contributed by atoms with van der Waals surface area (Å²) >= 11 is 0. The van der Waals surface area contributed by atoms with E-state index in [1.165, 1.54) is 25.7 Å². The van der Waals surface area contributed by atoms with Crippen molar-refractivity contribution in [3.8, 4) is 11.1 Å². The molecular formula is C29H35N2O4. The van der Waals surface area contributed by atoms with Crippen molar-refractivity contribution in [1.29, 1.82) is 0 Å². The van der Waals surface area contributed by atoms with E-state index in [1.807, 2.05) is 30.3 Å². The van der Waals surface area contributed by atoms with Crippen molar-refractivity contribution in [2.45, 2.75) is 51.6 Å². The zero-order chi connectivity index (χ0) is 24.6. The van der Waals surface area contributed by atoms with E-state index < -0.39 is 0 Å². The molecule has 6 nitrogen and oxygen atoms in total. The van der Waals surface area contributed by atoms with Crippen LogP contribution in [0.5, 0.6) is 0 Å². The SMILES string of the molecule is [CH2]C(Cc1ccc(-c2ccc(C)c([N+](=O)[O-])c2)cc1COCCN1CCCCCC1)c1ccco1. The van der Waals surface area contributed by atoms with E-state index in [-0.39, 0.29) is 16.5 Å². The Hall–Kier alpha value is -2.96. The first kappa shape index (κ1) is 25.1. The van der Waals surface area contributed by atoms with Gasteiger partial charge in [-0.15, -0.1) is 0 Å². The summed E-state index contributed by atoms with van der Waals surface area (Å²) in [5.74, 6) is 0.850. The minimum atomic E-state index is -0.323. The van der Waals surface area contributed by atoms with Crippen molar-refractivity contribution in [2.24, 2.45) is 0 Å². The van der Waals surface area contributed by atoms with Crippen LogP contribution in [0.15, 0.2) is 59.2 Å². The predicted molar refractivity (Wildman–Crippen MR) is 138 cm³/mol. The molecule has 1 unspecified atom stereocenters. The summed E-state index contributed by atoms with van der Waals surface area (Å²) in [5, 5.41) is 11.5. The zero-order valence-electron chi connectivity index (χ0n) is 20.6. The second-order valence-electron chi connectivity index (χ2n) is 9.47. The summed E-state index contributed by atoms with van der Waals surface area (Å²) in [5.41, 5.74) is 4.81. The van der Waals surface area contributed by atoms with Gasteiger partial charge in [0.05, 0.1) is 24.4 Å². The summed E-state index contributed by atoms with van der Waals surface area (Å²) in [6.07, 6.45) is 7.60. The van der Waals surface area contributed by atoms with Gasteiger partial charge in [0.25, 0.3) is 5.69 Å². The average Bonchev–Trinajstić information content (AvgIpc) is 3.27. The first-order valence-electron chi connectivity index (χ1n) is 12.5. The van der Waals surface area contributed by atoms with Gasteiger partial charge in [0.15, 0.2) is 0 Å². The van der Waals surface area contributed by atoms with Crippen LogP contribution in [0.25, 0.3) is 11.1 Å². The van der Waals surface area contributed by atoms with Crippen LogP contribution in [0.2, 0.25) is 0 Å². The predicted octanol–water partition coefficient (Wildman–Crippen LogP) is 6.72. The van der Waals surface area contributed by atoms with E-state index in [1.54, 1.807) is 19.3 Å². The van der Waals surface area contributed by atoms with Crippen LogP contribution in [0, 0.1) is 24.0 Å². The number of furan rings is 1. The molecule has 3 aromatic rings. The number of likely N-dealkylation sites (tertiary alicyclic amines) is 1. The van der Waals surface area contributed by atoms with Crippen molar-refractivity contribution in [2.75, 3.05) is 26.2 Å². The summed E-state index contributed by atoms with van der Waals surface area (Å²) < 4.78 is 11.7. The van der Waals surface area contributed by atoms with Gasteiger partial charge in [0.1, 0.15) is 5.76 Å². The number of hydrogen-bond donors (Lipinski definition) is 0. The van der Waals surface area contributed by atoms with E-state index >= 15 is 0 Å². The lowest BCUT2D eigenvalue weighted by Gasteiger charge is -2.20. The summed E-state index contributed by atoms with van der Waals surface area (Å²) in [7, 11) is 0. The molecule has 2 aromatic carbocycles. The Morgan fingerprint density at radius 2 is 1.80 bits per heavy atom. The maximum atomic E-state index is 11.5. The highest BCUT2D eigenvalue weighted by atomic mass is 16.6. The number of hydrogen-bond acceptors (Lipinski definition) is 5. The molecule has 185 valence electrons. The van der Waals surface area contributed by atoms with Gasteiger partial charge >= 0.3 is 0 Å². The van der Waals surface area contributed by atoms with Gasteiger partial charge in [-0.3, -0.25) is 10.1 Å². The molecule has 0 aliphatic carbocycles. The fraction of sp³-hybridized carbons (Fsp3) is 0.414. The maximum absolute atomic E-state index is 11.5. The van der Waals surface area contributed by atoms with Crippen LogP contribution < -0.4 is 0 Å². The topological polar surface area (TPSA) is 68.8 Å². The van der Waals surface area contributed by atoms with Crippen LogP contribution in [-0.4, -0.2) is 36.1 Å². The molecule has 4 rings (SSSR count). The first-order chi connectivity index (χ1) is 17.0. The summed E-state index contributed by atoms with van der Waals surface area (Å²) in [6, 6.07) is 15.5. The quantitative estimate of drug-likeness (QED) is 0.185. The van der Waals surface area contributed by atoms with Gasteiger partial charge in [-0.1, -0.05) is 37.1 Å². The molecular weight excluding hydrogens is 440 g/mol. The highest BCUT2D eigenvalue weighted by Crippen LogP contribution is 2.30. The third kappa shape index (κ3) is 6.80. The molecule has 35 heavy (non-hydrogen) atoms. The van der Waals surface area contributed by atoms with Crippen molar-refractivity contribution >= 4 is 5.69 Å². The van der Waals surface area contributed by atoms with E-state index in [2.05, 4.69) is 24.0 Å². The van der Waals surface area contributed by atoms with Gasteiger partial charge in [-0.2, -0.15) is 0 Å². The highest BCUT2D eigenvalue weighted by Gasteiger charge is 2.16. The Labute approximate surface area is 208 Å². The fourth-order valence-electron chi connectivity index (χ4n) is 4.75. The lowest BCUT2D eigenvalue weighted by Crippen LogP contribution is -2.28. The number of aryl methyl sites for hydroxylation is 1. The average molecular weight is 476 g/mol. The maximum Gasteiger partial charge on any atom is 0.272 e. The number of nitro groups is 1. The Bertz CT molecular complexity index is 1100. The fourth-order valence-corrected chi connectivity index (χ4v) is 4.75. The molecule has 0 saturated carbocycles. The second-order valence-corrected chi connectivity index (χ2v) is 9.47. The minimum Gasteiger partial charge on any atom is -0.469 e. The number of rotatable bonds is 10. The molecule has 0 bridgehead atoms. The van der Waals surface area contributed by atoms with E-state index in [0.717, 1.165) is 54.1 Å². The highest BCUT2D eigenvalue weighted by molar-refractivity contribution is 5.68. The molecule has 1 aliphatic rings. The summed E-state index contributed by atoms with van der Waals surface area (Å²) in [4.78, 5) is 13.6. The Balaban J connectivity index is 1.51. The first-order valence-corrected chi connectivity index (χ1v) is 12.5. The molecule has 6 heteroatoms. The van der Waals surface area contributed by atoms with Crippen molar-refractivity contribution in [3.63, 3.8) is 0 Å². The van der Waals surface area contributed by atoms with E-state index in [9.17, 15) is 10.1 Å². The Morgan fingerprint density at radius 3 is 2.51 bits per heavy atom. The van der Waals surface area contributed by atoms with E-state index in [4.69, 9.17) is 9.15 Å². The minimum absolute atomic E-state index is 0.00726. The van der Waals surface area contributed by atoms with Crippen LogP contribution in [0.3, 0.4) is 0 Å². The van der Waals surface area contributed by atoms with Crippen molar-refractivity contribution in [1.82, 2.24) is 4.90 Å². The molecule has 1 fully saturated rings. The third-order valence-electron chi connectivity index (χ3n) is 6.87. The van der Waals surface area contributed by atoms with Gasteiger partial charge in [-0.25, -0.2) is 0 Å². The third-order valence-corrected chi connectivity index (χ3v) is 6.87. The molecule has 1 atom stereocenters. The number of ether oxygens (including phenoxy) is 1. The molecule has 1 radical (unpaired) electrons. The largest absolute Gasteiger partial charge is 0.469 e. The van der Waals surface area contributed by atoms with Crippen LogP contribution in [0.4, 0.5) is 5.69 Å². The Kier molecular flexibility index (Phi) is 8.72. The molecule has 0 N–H and O–H groups in total. The molecule has 1 aromatic heterocycles. The monoisotopic (exact) mass is 475 g/mol. The molecule has 1 aliphatic heterocycles. The van der Waals surface area contributed by atoms with Gasteiger partial charge in [0.2, 0.25) is 0 Å².